The Kier molecular flexibility index (Phi) is 6.69. The standard InChI is InChI=1S/C16H20N2O4/c1-17(2)11-9-15(19)21-13-5-7-14(8-6-13)22-16(20)10-12-18(3)4/h5-12H,1-4H3/b11-9+,12-10+. The lowest BCUT2D eigenvalue weighted by atomic mass is 10.3. The van der Waals surface area contributed by atoms with Crippen molar-refractivity contribution in [2.24, 2.45) is 0 Å². The van der Waals surface area contributed by atoms with Crippen molar-refractivity contribution in [3.8, 4) is 11.5 Å². The van der Waals surface area contributed by atoms with Crippen molar-refractivity contribution in [2.75, 3.05) is 28.2 Å². The van der Waals surface area contributed by atoms with E-state index >= 15 is 0 Å². The zero-order valence-corrected chi connectivity index (χ0v) is 13.1. The van der Waals surface area contributed by atoms with Gasteiger partial charge in [0.05, 0.1) is 0 Å². The second kappa shape index (κ2) is 8.51. The molecule has 1 aromatic carbocycles. The fourth-order valence-electron chi connectivity index (χ4n) is 1.30. The molecule has 0 radical (unpaired) electrons. The van der Waals surface area contributed by atoms with Gasteiger partial charge in [-0.1, -0.05) is 0 Å². The van der Waals surface area contributed by atoms with Crippen LogP contribution in [0.15, 0.2) is 48.8 Å². The summed E-state index contributed by atoms with van der Waals surface area (Å²) in [5, 5.41) is 0. The smallest absolute Gasteiger partial charge is 0.337 e. The molecule has 1 rings (SSSR count). The molecule has 0 saturated heterocycles. The van der Waals surface area contributed by atoms with E-state index in [1.807, 2.05) is 0 Å². The van der Waals surface area contributed by atoms with Gasteiger partial charge in [-0.2, -0.15) is 0 Å². The number of benzene rings is 1. The van der Waals surface area contributed by atoms with Gasteiger partial charge in [0, 0.05) is 52.7 Å². The topological polar surface area (TPSA) is 59.1 Å². The SMILES string of the molecule is CN(C)/C=C/C(=O)Oc1ccc(OC(=O)/C=C/N(C)C)cc1. The summed E-state index contributed by atoms with van der Waals surface area (Å²) in [6.07, 6.45) is 5.82. The van der Waals surface area contributed by atoms with Crippen LogP contribution in [0.25, 0.3) is 0 Å². The van der Waals surface area contributed by atoms with Gasteiger partial charge in [-0.3, -0.25) is 0 Å². The van der Waals surface area contributed by atoms with Gasteiger partial charge in [-0.05, 0) is 24.3 Å². The second-order valence-corrected chi connectivity index (χ2v) is 4.87. The number of carbonyl (C=O) groups excluding carboxylic acids is 2. The molecule has 0 fully saturated rings. The van der Waals surface area contributed by atoms with Gasteiger partial charge in [-0.15, -0.1) is 0 Å². The van der Waals surface area contributed by atoms with Crippen LogP contribution in [0.5, 0.6) is 11.5 Å². The predicted molar refractivity (Wildman–Crippen MR) is 83.4 cm³/mol. The van der Waals surface area contributed by atoms with Crippen molar-refractivity contribution in [1.82, 2.24) is 9.80 Å². The first-order valence-electron chi connectivity index (χ1n) is 6.60. The normalized spacial score (nSPS) is 10.7. The van der Waals surface area contributed by atoms with Gasteiger partial charge in [0.25, 0.3) is 0 Å². The van der Waals surface area contributed by atoms with Crippen LogP contribution in [-0.2, 0) is 9.59 Å². The van der Waals surface area contributed by atoms with Crippen LogP contribution in [0.4, 0.5) is 0 Å². The molecule has 6 nitrogen and oxygen atoms in total. The summed E-state index contributed by atoms with van der Waals surface area (Å²) in [5.74, 6) is -0.214. The molecule has 0 N–H and O–H groups in total. The number of hydrogen-bond acceptors (Lipinski definition) is 6. The van der Waals surface area contributed by atoms with Crippen molar-refractivity contribution in [2.45, 2.75) is 0 Å². The van der Waals surface area contributed by atoms with Crippen molar-refractivity contribution < 1.29 is 19.1 Å². The Morgan fingerprint density at radius 3 is 1.36 bits per heavy atom. The molecule has 0 spiro atoms. The number of nitrogens with zero attached hydrogens (tertiary/aromatic N) is 2. The van der Waals surface area contributed by atoms with E-state index in [0.29, 0.717) is 11.5 Å². The average Bonchev–Trinajstić information content (AvgIpc) is 2.45. The zero-order valence-electron chi connectivity index (χ0n) is 13.1. The molecule has 0 amide bonds. The van der Waals surface area contributed by atoms with Crippen LogP contribution >= 0.6 is 0 Å². The highest BCUT2D eigenvalue weighted by molar-refractivity contribution is 5.84. The van der Waals surface area contributed by atoms with Gasteiger partial charge in [0.1, 0.15) is 11.5 Å². The van der Waals surface area contributed by atoms with E-state index < -0.39 is 11.9 Å². The van der Waals surface area contributed by atoms with Crippen LogP contribution in [-0.4, -0.2) is 49.9 Å². The van der Waals surface area contributed by atoms with E-state index in [-0.39, 0.29) is 0 Å². The molecule has 0 atom stereocenters. The van der Waals surface area contributed by atoms with E-state index in [4.69, 9.17) is 9.47 Å². The Balaban J connectivity index is 2.56. The van der Waals surface area contributed by atoms with E-state index in [0.717, 1.165) is 0 Å². The highest BCUT2D eigenvalue weighted by Gasteiger charge is 2.03. The molecule has 118 valence electrons. The minimum Gasteiger partial charge on any atom is -0.423 e. The average molecular weight is 304 g/mol. The lowest BCUT2D eigenvalue weighted by Gasteiger charge is -2.06. The van der Waals surface area contributed by atoms with Crippen molar-refractivity contribution in [1.29, 1.82) is 0 Å². The van der Waals surface area contributed by atoms with Crippen molar-refractivity contribution in [3.63, 3.8) is 0 Å². The maximum atomic E-state index is 11.5. The van der Waals surface area contributed by atoms with Gasteiger partial charge in [0.15, 0.2) is 0 Å². The van der Waals surface area contributed by atoms with Gasteiger partial charge < -0.3 is 19.3 Å². The number of hydrogen-bond donors (Lipinski definition) is 0. The highest BCUT2D eigenvalue weighted by Crippen LogP contribution is 2.18. The van der Waals surface area contributed by atoms with Crippen LogP contribution in [0.2, 0.25) is 0 Å². The van der Waals surface area contributed by atoms with Crippen LogP contribution in [0.3, 0.4) is 0 Å². The van der Waals surface area contributed by atoms with E-state index in [1.54, 1.807) is 74.7 Å². The van der Waals surface area contributed by atoms with Crippen molar-refractivity contribution in [3.05, 3.63) is 48.8 Å². The Hall–Kier alpha value is -2.76. The molecule has 22 heavy (non-hydrogen) atoms. The largest absolute Gasteiger partial charge is 0.423 e. The van der Waals surface area contributed by atoms with Crippen LogP contribution in [0.1, 0.15) is 0 Å². The summed E-state index contributed by atoms with van der Waals surface area (Å²) in [5.41, 5.74) is 0. The second-order valence-electron chi connectivity index (χ2n) is 4.87. The van der Waals surface area contributed by atoms with Gasteiger partial charge in [0.2, 0.25) is 0 Å². The third kappa shape index (κ3) is 7.14. The summed E-state index contributed by atoms with van der Waals surface area (Å²) in [6.45, 7) is 0. The maximum Gasteiger partial charge on any atom is 0.337 e. The van der Waals surface area contributed by atoms with E-state index in [2.05, 4.69) is 0 Å². The highest BCUT2D eigenvalue weighted by atomic mass is 16.5. The minimum atomic E-state index is -0.479. The summed E-state index contributed by atoms with van der Waals surface area (Å²) >= 11 is 0. The first-order valence-corrected chi connectivity index (χ1v) is 6.60. The monoisotopic (exact) mass is 304 g/mol. The first kappa shape index (κ1) is 17.3. The molecule has 0 heterocycles. The van der Waals surface area contributed by atoms with E-state index in [9.17, 15) is 9.59 Å². The van der Waals surface area contributed by atoms with Crippen LogP contribution in [0, 0.1) is 0 Å². The quantitative estimate of drug-likeness (QED) is 0.452. The molecule has 0 unspecified atom stereocenters. The number of ether oxygens (including phenoxy) is 2. The fraction of sp³-hybridized carbons (Fsp3) is 0.250. The molecule has 0 aromatic heterocycles. The molecular weight excluding hydrogens is 284 g/mol. The third-order valence-electron chi connectivity index (χ3n) is 2.28. The summed E-state index contributed by atoms with van der Waals surface area (Å²) in [6, 6.07) is 6.22. The van der Waals surface area contributed by atoms with E-state index in [1.165, 1.54) is 12.2 Å². The molecule has 0 saturated carbocycles. The predicted octanol–water partition coefficient (Wildman–Crippen LogP) is 1.65. The molecule has 1 aromatic rings. The summed E-state index contributed by atoms with van der Waals surface area (Å²) < 4.78 is 10.2. The Bertz CT molecular complexity index is 509. The Morgan fingerprint density at radius 1 is 0.773 bits per heavy atom. The number of esters is 2. The minimum absolute atomic E-state index is 0.372. The summed E-state index contributed by atoms with van der Waals surface area (Å²) in [7, 11) is 7.21. The number of carbonyl (C=O) groups is 2. The lowest BCUT2D eigenvalue weighted by Crippen LogP contribution is -2.08. The first-order chi connectivity index (χ1) is 10.4. The molecule has 0 aliphatic heterocycles. The molecule has 6 heteroatoms. The molecule has 0 bridgehead atoms. The Labute approximate surface area is 130 Å². The third-order valence-corrected chi connectivity index (χ3v) is 2.28. The van der Waals surface area contributed by atoms with Crippen LogP contribution < -0.4 is 9.47 Å². The van der Waals surface area contributed by atoms with Gasteiger partial charge >= 0.3 is 11.9 Å². The van der Waals surface area contributed by atoms with Crippen molar-refractivity contribution >= 4 is 11.9 Å². The fourth-order valence-corrected chi connectivity index (χ4v) is 1.30. The molecular formula is C16H20N2O4. The Morgan fingerprint density at radius 2 is 1.09 bits per heavy atom. The molecule has 0 aliphatic carbocycles. The number of rotatable bonds is 6. The zero-order chi connectivity index (χ0) is 16.5. The maximum absolute atomic E-state index is 11.5. The summed E-state index contributed by atoms with van der Waals surface area (Å²) in [4.78, 5) is 26.4. The lowest BCUT2D eigenvalue weighted by molar-refractivity contribution is -0.130. The van der Waals surface area contributed by atoms with Gasteiger partial charge in [-0.25, -0.2) is 9.59 Å². The molecule has 0 aliphatic rings.